The second-order valence-corrected chi connectivity index (χ2v) is 5.82. The first-order chi connectivity index (χ1) is 9.11. The highest BCUT2D eigenvalue weighted by Crippen LogP contribution is 2.18. The molecule has 0 aliphatic rings. The van der Waals surface area contributed by atoms with E-state index >= 15 is 0 Å². The SMILES string of the molecule is Cc1ccsc1CNC(=O)c1cc(Br)cnc1NN. The van der Waals surface area contributed by atoms with Gasteiger partial charge in [0.25, 0.3) is 5.91 Å². The summed E-state index contributed by atoms with van der Waals surface area (Å²) in [5, 5.41) is 4.86. The molecule has 0 aromatic carbocycles. The molecule has 5 nitrogen and oxygen atoms in total. The van der Waals surface area contributed by atoms with Gasteiger partial charge in [0.2, 0.25) is 0 Å². The number of anilines is 1. The van der Waals surface area contributed by atoms with Crippen molar-refractivity contribution < 1.29 is 4.79 Å². The van der Waals surface area contributed by atoms with Gasteiger partial charge in [0, 0.05) is 15.5 Å². The summed E-state index contributed by atoms with van der Waals surface area (Å²) >= 11 is 4.91. The normalized spacial score (nSPS) is 10.3. The van der Waals surface area contributed by atoms with Crippen LogP contribution in [0.2, 0.25) is 0 Å². The lowest BCUT2D eigenvalue weighted by Gasteiger charge is -2.09. The molecule has 0 radical (unpaired) electrons. The topological polar surface area (TPSA) is 80.0 Å². The number of nitrogens with two attached hydrogens (primary N) is 1. The molecule has 0 fully saturated rings. The number of aromatic nitrogens is 1. The van der Waals surface area contributed by atoms with Crippen molar-refractivity contribution in [2.45, 2.75) is 13.5 Å². The average molecular weight is 341 g/mol. The Balaban J connectivity index is 2.12. The molecule has 19 heavy (non-hydrogen) atoms. The number of hydrogen-bond acceptors (Lipinski definition) is 5. The third kappa shape index (κ3) is 3.31. The zero-order valence-electron chi connectivity index (χ0n) is 10.2. The molecule has 0 spiro atoms. The van der Waals surface area contributed by atoms with Crippen LogP contribution in [-0.4, -0.2) is 10.9 Å². The summed E-state index contributed by atoms with van der Waals surface area (Å²) in [6.45, 7) is 2.52. The molecule has 2 aromatic rings. The second kappa shape index (κ2) is 6.14. The number of thiophene rings is 1. The minimum absolute atomic E-state index is 0.213. The number of pyridine rings is 1. The Labute approximate surface area is 123 Å². The molecule has 100 valence electrons. The first-order valence-electron chi connectivity index (χ1n) is 5.55. The fourth-order valence-corrected chi connectivity index (χ4v) is 2.75. The number of halogens is 1. The van der Waals surface area contributed by atoms with Gasteiger partial charge in [-0.1, -0.05) is 0 Å². The van der Waals surface area contributed by atoms with Crippen molar-refractivity contribution in [1.82, 2.24) is 10.3 Å². The van der Waals surface area contributed by atoms with Gasteiger partial charge < -0.3 is 10.7 Å². The van der Waals surface area contributed by atoms with Crippen LogP contribution in [-0.2, 0) is 6.54 Å². The Morgan fingerprint density at radius 3 is 3.00 bits per heavy atom. The van der Waals surface area contributed by atoms with E-state index in [1.165, 1.54) is 5.56 Å². The number of nitrogens with one attached hydrogen (secondary N) is 2. The molecule has 0 aliphatic heterocycles. The molecule has 4 N–H and O–H groups in total. The fourth-order valence-electron chi connectivity index (χ4n) is 1.57. The van der Waals surface area contributed by atoms with Gasteiger partial charge in [-0.15, -0.1) is 11.3 Å². The summed E-state index contributed by atoms with van der Waals surface area (Å²) in [6.07, 6.45) is 1.58. The van der Waals surface area contributed by atoms with E-state index in [1.54, 1.807) is 23.6 Å². The largest absolute Gasteiger partial charge is 0.347 e. The smallest absolute Gasteiger partial charge is 0.255 e. The first-order valence-corrected chi connectivity index (χ1v) is 7.22. The van der Waals surface area contributed by atoms with Gasteiger partial charge in [0.1, 0.15) is 0 Å². The standard InChI is InChI=1S/C12H13BrN4OS/c1-7-2-3-19-10(7)6-16-12(18)9-4-8(13)5-15-11(9)17-14/h2-5H,6,14H2,1H3,(H,15,17)(H,16,18). The van der Waals surface area contributed by atoms with E-state index < -0.39 is 0 Å². The fraction of sp³-hybridized carbons (Fsp3) is 0.167. The number of nitrogen functional groups attached to an aromatic ring is 1. The molecule has 0 bridgehead atoms. The molecule has 7 heteroatoms. The molecule has 0 saturated carbocycles. The van der Waals surface area contributed by atoms with E-state index in [-0.39, 0.29) is 5.91 Å². The summed E-state index contributed by atoms with van der Waals surface area (Å²) in [5.41, 5.74) is 4.00. The lowest BCUT2D eigenvalue weighted by atomic mass is 10.2. The van der Waals surface area contributed by atoms with Crippen molar-refractivity contribution in [3.8, 4) is 0 Å². The lowest BCUT2D eigenvalue weighted by Crippen LogP contribution is -2.25. The first kappa shape index (κ1) is 14.0. The number of hydrazine groups is 1. The minimum atomic E-state index is -0.213. The van der Waals surface area contributed by atoms with E-state index in [1.807, 2.05) is 18.4 Å². The van der Waals surface area contributed by atoms with Gasteiger partial charge in [-0.2, -0.15) is 0 Å². The predicted octanol–water partition coefficient (Wildman–Crippen LogP) is 2.43. The third-order valence-corrected chi connectivity index (χ3v) is 4.07. The van der Waals surface area contributed by atoms with Crippen LogP contribution in [0, 0.1) is 6.92 Å². The number of amides is 1. The Morgan fingerprint density at radius 2 is 2.37 bits per heavy atom. The molecule has 0 saturated heterocycles. The number of nitrogens with zero attached hydrogens (tertiary/aromatic N) is 1. The average Bonchev–Trinajstić information content (AvgIpc) is 2.81. The van der Waals surface area contributed by atoms with E-state index in [2.05, 4.69) is 31.7 Å². The summed E-state index contributed by atoms with van der Waals surface area (Å²) in [5.74, 6) is 5.48. The quantitative estimate of drug-likeness (QED) is 0.589. The maximum atomic E-state index is 12.1. The summed E-state index contributed by atoms with van der Waals surface area (Å²) in [6, 6.07) is 3.71. The predicted molar refractivity (Wildman–Crippen MR) is 80.0 cm³/mol. The zero-order chi connectivity index (χ0) is 13.8. The molecule has 2 aromatic heterocycles. The summed E-state index contributed by atoms with van der Waals surface area (Å²) < 4.78 is 0.726. The third-order valence-electron chi connectivity index (χ3n) is 2.61. The zero-order valence-corrected chi connectivity index (χ0v) is 12.6. The van der Waals surface area contributed by atoms with Gasteiger partial charge in [-0.05, 0) is 45.9 Å². The van der Waals surface area contributed by atoms with Crippen molar-refractivity contribution in [2.75, 3.05) is 5.43 Å². The van der Waals surface area contributed by atoms with Crippen LogP contribution in [0.5, 0.6) is 0 Å². The maximum Gasteiger partial charge on any atom is 0.255 e. The van der Waals surface area contributed by atoms with Gasteiger partial charge in [0.15, 0.2) is 5.82 Å². The van der Waals surface area contributed by atoms with Crippen LogP contribution in [0.25, 0.3) is 0 Å². The summed E-state index contributed by atoms with van der Waals surface area (Å²) in [7, 11) is 0. The minimum Gasteiger partial charge on any atom is -0.347 e. The molecule has 1 amide bonds. The maximum absolute atomic E-state index is 12.1. The van der Waals surface area contributed by atoms with Crippen LogP contribution < -0.4 is 16.6 Å². The number of carbonyl (C=O) groups is 1. The molecule has 0 atom stereocenters. The van der Waals surface area contributed by atoms with Crippen molar-refractivity contribution >= 4 is 39.0 Å². The molecular formula is C12H13BrN4OS. The second-order valence-electron chi connectivity index (χ2n) is 3.90. The highest BCUT2D eigenvalue weighted by atomic mass is 79.9. The Bertz CT molecular complexity index is 599. The van der Waals surface area contributed by atoms with Crippen LogP contribution in [0.4, 0.5) is 5.82 Å². The highest BCUT2D eigenvalue weighted by molar-refractivity contribution is 9.10. The van der Waals surface area contributed by atoms with Crippen molar-refractivity contribution in [1.29, 1.82) is 0 Å². The highest BCUT2D eigenvalue weighted by Gasteiger charge is 2.13. The van der Waals surface area contributed by atoms with Crippen LogP contribution in [0.15, 0.2) is 28.2 Å². The number of aryl methyl sites for hydroxylation is 1. The summed E-state index contributed by atoms with van der Waals surface area (Å²) in [4.78, 5) is 17.3. The molecule has 0 aliphatic carbocycles. The van der Waals surface area contributed by atoms with Gasteiger partial charge >= 0.3 is 0 Å². The molecule has 2 rings (SSSR count). The number of hydrogen-bond donors (Lipinski definition) is 3. The van der Waals surface area contributed by atoms with Gasteiger partial charge in [0.05, 0.1) is 12.1 Å². The Kier molecular flexibility index (Phi) is 4.52. The van der Waals surface area contributed by atoms with Crippen molar-refractivity contribution in [3.63, 3.8) is 0 Å². The lowest BCUT2D eigenvalue weighted by molar-refractivity contribution is 0.0951. The van der Waals surface area contributed by atoms with E-state index in [9.17, 15) is 4.79 Å². The molecular weight excluding hydrogens is 328 g/mol. The molecule has 2 heterocycles. The van der Waals surface area contributed by atoms with Crippen molar-refractivity contribution in [3.05, 3.63) is 44.2 Å². The number of rotatable bonds is 4. The van der Waals surface area contributed by atoms with Crippen LogP contribution >= 0.6 is 27.3 Å². The molecule has 0 unspecified atom stereocenters. The monoisotopic (exact) mass is 340 g/mol. The van der Waals surface area contributed by atoms with Gasteiger partial charge in [-0.3, -0.25) is 4.79 Å². The van der Waals surface area contributed by atoms with E-state index in [0.717, 1.165) is 9.35 Å². The van der Waals surface area contributed by atoms with Crippen LogP contribution in [0.3, 0.4) is 0 Å². The van der Waals surface area contributed by atoms with E-state index in [0.29, 0.717) is 17.9 Å². The van der Waals surface area contributed by atoms with Crippen molar-refractivity contribution in [2.24, 2.45) is 5.84 Å². The van der Waals surface area contributed by atoms with E-state index in [4.69, 9.17) is 5.84 Å². The Hall–Kier alpha value is -1.44. The number of carbonyl (C=O) groups excluding carboxylic acids is 1. The van der Waals surface area contributed by atoms with Gasteiger partial charge in [-0.25, -0.2) is 10.8 Å². The Morgan fingerprint density at radius 1 is 1.58 bits per heavy atom. The van der Waals surface area contributed by atoms with Crippen LogP contribution in [0.1, 0.15) is 20.8 Å².